The Kier molecular flexibility index (Phi) is 9.38. The molecular formula is C22H27ClO6. The van der Waals surface area contributed by atoms with Crippen molar-refractivity contribution in [1.29, 1.82) is 0 Å². The maximum absolute atomic E-state index is 12.2. The van der Waals surface area contributed by atoms with Crippen molar-refractivity contribution in [3.05, 3.63) is 53.6 Å². The van der Waals surface area contributed by atoms with Gasteiger partial charge in [0.2, 0.25) is 0 Å². The van der Waals surface area contributed by atoms with Gasteiger partial charge < -0.3 is 20.1 Å². The first kappa shape index (κ1) is 23.1. The molecule has 0 aromatic heterocycles. The van der Waals surface area contributed by atoms with Gasteiger partial charge in [0.15, 0.2) is 0 Å². The number of rotatable bonds is 11. The molecule has 0 bridgehead atoms. The Morgan fingerprint density at radius 3 is 2.86 bits per heavy atom. The third-order valence-corrected chi connectivity index (χ3v) is 5.06. The molecule has 1 fully saturated rings. The van der Waals surface area contributed by atoms with E-state index in [1.54, 1.807) is 36.4 Å². The Morgan fingerprint density at radius 1 is 1.34 bits per heavy atom. The minimum Gasteiger partial charge on any atom is -0.491 e. The number of aliphatic carboxylic acids is 1. The first-order valence-corrected chi connectivity index (χ1v) is 10.1. The number of carbonyl (C=O) groups excluding carboxylic acids is 1. The number of carbonyl (C=O) groups is 2. The average Bonchev–Trinajstić information content (AvgIpc) is 2.93. The van der Waals surface area contributed by atoms with E-state index in [1.807, 2.05) is 12.2 Å². The zero-order chi connectivity index (χ0) is 21.2. The van der Waals surface area contributed by atoms with Crippen molar-refractivity contribution in [3.8, 4) is 5.75 Å². The summed E-state index contributed by atoms with van der Waals surface area (Å²) in [5.41, 5.74) is 0. The van der Waals surface area contributed by atoms with E-state index in [0.717, 1.165) is 0 Å². The Morgan fingerprint density at radius 2 is 2.14 bits per heavy atom. The number of allylic oxidation sites excluding steroid dienone is 2. The third-order valence-electron chi connectivity index (χ3n) is 4.82. The number of ketones is 1. The highest BCUT2D eigenvalue weighted by Crippen LogP contribution is 2.33. The first-order valence-electron chi connectivity index (χ1n) is 9.69. The number of aliphatic hydroxyl groups is 2. The number of ether oxygens (including phenoxy) is 1. The van der Waals surface area contributed by atoms with Crippen molar-refractivity contribution in [2.75, 3.05) is 6.61 Å². The molecule has 1 aliphatic rings. The molecule has 1 aromatic rings. The fraction of sp³-hybridized carbons (Fsp3) is 0.455. The number of carboxylic acids is 1. The van der Waals surface area contributed by atoms with Gasteiger partial charge in [-0.1, -0.05) is 42.0 Å². The largest absolute Gasteiger partial charge is 0.491 e. The van der Waals surface area contributed by atoms with Crippen LogP contribution >= 0.6 is 11.6 Å². The van der Waals surface area contributed by atoms with Crippen LogP contribution in [0.5, 0.6) is 5.75 Å². The van der Waals surface area contributed by atoms with E-state index in [1.165, 1.54) is 0 Å². The average molecular weight is 423 g/mol. The van der Waals surface area contributed by atoms with Crippen molar-refractivity contribution < 1.29 is 29.6 Å². The minimum atomic E-state index is -0.885. The lowest BCUT2D eigenvalue weighted by atomic mass is 9.90. The second-order valence-electron chi connectivity index (χ2n) is 7.14. The number of unbranched alkanes of at least 4 members (excludes halogenated alkanes) is 1. The van der Waals surface area contributed by atoms with E-state index in [2.05, 4.69) is 0 Å². The summed E-state index contributed by atoms with van der Waals surface area (Å²) >= 11 is 5.89. The fourth-order valence-electron chi connectivity index (χ4n) is 3.31. The number of hydrogen-bond donors (Lipinski definition) is 3. The topological polar surface area (TPSA) is 104 Å². The van der Waals surface area contributed by atoms with Crippen LogP contribution in [0.4, 0.5) is 0 Å². The normalized spacial score (nSPS) is 23.1. The quantitative estimate of drug-likeness (QED) is 0.373. The third kappa shape index (κ3) is 8.01. The highest BCUT2D eigenvalue weighted by Gasteiger charge is 2.39. The second kappa shape index (κ2) is 11.8. The van der Waals surface area contributed by atoms with E-state index in [-0.39, 0.29) is 37.1 Å². The minimum absolute atomic E-state index is 0.00740. The molecule has 29 heavy (non-hydrogen) atoms. The molecule has 4 atom stereocenters. The smallest absolute Gasteiger partial charge is 0.303 e. The molecule has 1 aromatic carbocycles. The van der Waals surface area contributed by atoms with Crippen LogP contribution in [0.3, 0.4) is 0 Å². The van der Waals surface area contributed by atoms with Gasteiger partial charge in [-0.2, -0.15) is 0 Å². The van der Waals surface area contributed by atoms with Crippen LogP contribution in [0.15, 0.2) is 48.6 Å². The molecule has 0 spiro atoms. The molecule has 0 unspecified atom stereocenters. The second-order valence-corrected chi connectivity index (χ2v) is 7.57. The highest BCUT2D eigenvalue weighted by atomic mass is 35.5. The Bertz CT molecular complexity index is 745. The lowest BCUT2D eigenvalue weighted by Gasteiger charge is -2.17. The summed E-state index contributed by atoms with van der Waals surface area (Å²) in [4.78, 5) is 22.7. The van der Waals surface area contributed by atoms with Gasteiger partial charge in [0.25, 0.3) is 0 Å². The van der Waals surface area contributed by atoms with Gasteiger partial charge in [0, 0.05) is 29.7 Å². The van der Waals surface area contributed by atoms with Crippen molar-refractivity contribution >= 4 is 23.4 Å². The standard InChI is InChI=1S/C22H27ClO6/c23-15-6-5-7-17(12-15)29-14-16(24)10-11-19-18(20(25)13-21(19)26)8-3-1-2-4-9-22(27)28/h1,3,5-7,10-12,16,18-19,21,24,26H,2,4,8-9,13-14H2,(H,27,28)/b3-1-,11-10+/t16-,18-,19-,21-/m1/s1. The first-order chi connectivity index (χ1) is 13.9. The monoisotopic (exact) mass is 422 g/mol. The molecule has 3 N–H and O–H groups in total. The van der Waals surface area contributed by atoms with E-state index in [0.29, 0.717) is 30.0 Å². The summed E-state index contributed by atoms with van der Waals surface area (Å²) < 4.78 is 5.49. The fourth-order valence-corrected chi connectivity index (χ4v) is 3.49. The predicted octanol–water partition coefficient (Wildman–Crippen LogP) is 3.40. The van der Waals surface area contributed by atoms with Crippen LogP contribution in [0.1, 0.15) is 32.1 Å². The van der Waals surface area contributed by atoms with E-state index < -0.39 is 18.2 Å². The SMILES string of the molecule is O=C(O)CCC/C=C\C[C@H]1C(=O)C[C@@H](O)[C@@H]1/C=C/[C@@H](O)COc1cccc(Cl)c1. The molecule has 2 rings (SSSR count). The molecule has 0 radical (unpaired) electrons. The van der Waals surface area contributed by atoms with Crippen LogP contribution in [-0.2, 0) is 9.59 Å². The number of aliphatic hydroxyl groups excluding tert-OH is 2. The summed E-state index contributed by atoms with van der Waals surface area (Å²) in [6, 6.07) is 6.86. The van der Waals surface area contributed by atoms with Crippen LogP contribution in [0.25, 0.3) is 0 Å². The Balaban J connectivity index is 1.84. The number of benzene rings is 1. The molecule has 0 aliphatic heterocycles. The Hall–Kier alpha value is -2.15. The maximum atomic E-state index is 12.2. The lowest BCUT2D eigenvalue weighted by molar-refractivity contribution is -0.137. The van der Waals surface area contributed by atoms with Gasteiger partial charge in [0.05, 0.1) is 6.10 Å². The van der Waals surface area contributed by atoms with E-state index >= 15 is 0 Å². The van der Waals surface area contributed by atoms with Gasteiger partial charge >= 0.3 is 5.97 Å². The van der Waals surface area contributed by atoms with Gasteiger partial charge in [-0.05, 0) is 37.5 Å². The molecular weight excluding hydrogens is 396 g/mol. The number of halogens is 1. The summed E-state index contributed by atoms with van der Waals surface area (Å²) in [7, 11) is 0. The van der Waals surface area contributed by atoms with Gasteiger partial charge in [-0.25, -0.2) is 0 Å². The predicted molar refractivity (Wildman–Crippen MR) is 110 cm³/mol. The molecule has 1 saturated carbocycles. The maximum Gasteiger partial charge on any atom is 0.303 e. The zero-order valence-electron chi connectivity index (χ0n) is 16.1. The highest BCUT2D eigenvalue weighted by molar-refractivity contribution is 6.30. The van der Waals surface area contributed by atoms with E-state index in [4.69, 9.17) is 21.4 Å². The van der Waals surface area contributed by atoms with Crippen molar-refractivity contribution in [3.63, 3.8) is 0 Å². The number of carboxylic acid groups (broad SMARTS) is 1. The van der Waals surface area contributed by atoms with Crippen LogP contribution in [0.2, 0.25) is 5.02 Å². The van der Waals surface area contributed by atoms with Crippen LogP contribution < -0.4 is 4.74 Å². The van der Waals surface area contributed by atoms with Crippen LogP contribution in [0, 0.1) is 11.8 Å². The molecule has 7 heteroatoms. The molecule has 0 saturated heterocycles. The molecule has 0 amide bonds. The number of hydrogen-bond acceptors (Lipinski definition) is 5. The summed E-state index contributed by atoms with van der Waals surface area (Å²) in [6.07, 6.45) is 7.18. The van der Waals surface area contributed by atoms with E-state index in [9.17, 15) is 19.8 Å². The van der Waals surface area contributed by atoms with Gasteiger partial charge in [0.1, 0.15) is 24.2 Å². The van der Waals surface area contributed by atoms with Crippen molar-refractivity contribution in [2.24, 2.45) is 11.8 Å². The van der Waals surface area contributed by atoms with Gasteiger partial charge in [-0.15, -0.1) is 0 Å². The summed E-state index contributed by atoms with van der Waals surface area (Å²) in [5, 5.41) is 29.5. The lowest BCUT2D eigenvalue weighted by Crippen LogP contribution is -2.20. The molecule has 6 nitrogen and oxygen atoms in total. The molecule has 158 valence electrons. The molecule has 1 aliphatic carbocycles. The zero-order valence-corrected chi connectivity index (χ0v) is 16.9. The summed E-state index contributed by atoms with van der Waals surface area (Å²) in [5.74, 6) is -1.00. The van der Waals surface area contributed by atoms with Gasteiger partial charge in [-0.3, -0.25) is 9.59 Å². The van der Waals surface area contributed by atoms with Crippen molar-refractivity contribution in [2.45, 2.75) is 44.3 Å². The van der Waals surface area contributed by atoms with Crippen LogP contribution in [-0.4, -0.2) is 45.9 Å². The molecule has 0 heterocycles. The summed E-state index contributed by atoms with van der Waals surface area (Å²) in [6.45, 7) is 0.0295. The number of Topliss-reactive ketones (excluding diaryl/α,β-unsaturated/α-hetero) is 1. The van der Waals surface area contributed by atoms with Crippen molar-refractivity contribution in [1.82, 2.24) is 0 Å². The Labute approximate surface area is 175 Å².